The molecule has 1 aromatic carbocycles. The van der Waals surface area contributed by atoms with Crippen molar-refractivity contribution < 1.29 is 19.4 Å². The maximum Gasteiger partial charge on any atom is 0.334 e. The number of hydrogen-bond acceptors (Lipinski definition) is 4. The van der Waals surface area contributed by atoms with Gasteiger partial charge in [-0.1, -0.05) is 29.3 Å². The lowest BCUT2D eigenvalue weighted by molar-refractivity contribution is -0.154. The van der Waals surface area contributed by atoms with E-state index >= 15 is 0 Å². The summed E-state index contributed by atoms with van der Waals surface area (Å²) in [5.41, 5.74) is 0. The van der Waals surface area contributed by atoms with Gasteiger partial charge in [0.2, 0.25) is 0 Å². The molecule has 5 heteroatoms. The average Bonchev–Trinajstić information content (AvgIpc) is 2.45. The average molecular weight is 345 g/mol. The number of hydrogen-bond donors (Lipinski definition) is 1. The van der Waals surface area contributed by atoms with E-state index in [9.17, 15) is 9.90 Å². The zero-order valence-corrected chi connectivity index (χ0v) is 13.3. The number of halogens is 1. The van der Waals surface area contributed by atoms with E-state index in [1.54, 1.807) is 0 Å². The SMILES string of the molecule is CCCCOC(=O)C(O)CCCOc1ccc(Br)cc1. The van der Waals surface area contributed by atoms with Crippen molar-refractivity contribution in [3.63, 3.8) is 0 Å². The van der Waals surface area contributed by atoms with Gasteiger partial charge >= 0.3 is 5.97 Å². The van der Waals surface area contributed by atoms with Crippen molar-refractivity contribution >= 4 is 21.9 Å². The smallest absolute Gasteiger partial charge is 0.334 e. The predicted octanol–water partition coefficient (Wildman–Crippen LogP) is 3.31. The fraction of sp³-hybridized carbons (Fsp3) is 0.533. The number of unbranched alkanes of at least 4 members (excludes halogenated alkanes) is 1. The quantitative estimate of drug-likeness (QED) is 0.551. The normalized spacial score (nSPS) is 11.9. The van der Waals surface area contributed by atoms with Crippen LogP contribution in [0, 0.1) is 0 Å². The molecule has 0 aliphatic carbocycles. The molecule has 0 bridgehead atoms. The first-order valence-electron chi connectivity index (χ1n) is 6.86. The second-order valence-electron chi connectivity index (χ2n) is 4.48. The van der Waals surface area contributed by atoms with Crippen molar-refractivity contribution in [2.75, 3.05) is 13.2 Å². The van der Waals surface area contributed by atoms with E-state index in [1.165, 1.54) is 0 Å². The van der Waals surface area contributed by atoms with Gasteiger partial charge in [-0.15, -0.1) is 0 Å². The van der Waals surface area contributed by atoms with Crippen LogP contribution in [0.25, 0.3) is 0 Å². The molecule has 0 saturated carbocycles. The standard InChI is InChI=1S/C15H21BrO4/c1-2-3-10-20-15(18)14(17)5-4-11-19-13-8-6-12(16)7-9-13/h6-9,14,17H,2-5,10-11H2,1H3. The van der Waals surface area contributed by atoms with Crippen molar-refractivity contribution in [2.24, 2.45) is 0 Å². The van der Waals surface area contributed by atoms with Gasteiger partial charge in [0.15, 0.2) is 6.10 Å². The summed E-state index contributed by atoms with van der Waals surface area (Å²) in [6, 6.07) is 7.52. The van der Waals surface area contributed by atoms with E-state index in [0.29, 0.717) is 26.1 Å². The minimum Gasteiger partial charge on any atom is -0.494 e. The minimum absolute atomic E-state index is 0.349. The summed E-state index contributed by atoms with van der Waals surface area (Å²) in [5, 5.41) is 9.61. The maximum absolute atomic E-state index is 11.4. The molecule has 0 spiro atoms. The van der Waals surface area contributed by atoms with Crippen LogP contribution < -0.4 is 4.74 Å². The first-order chi connectivity index (χ1) is 9.63. The molecule has 1 rings (SSSR count). The molecule has 0 radical (unpaired) electrons. The number of benzene rings is 1. The maximum atomic E-state index is 11.4. The molecular weight excluding hydrogens is 324 g/mol. The van der Waals surface area contributed by atoms with Crippen LogP contribution in [-0.4, -0.2) is 30.4 Å². The summed E-state index contributed by atoms with van der Waals surface area (Å²) in [5.74, 6) is 0.232. The molecule has 1 aromatic rings. The van der Waals surface area contributed by atoms with Crippen molar-refractivity contribution in [1.82, 2.24) is 0 Å². The van der Waals surface area contributed by atoms with E-state index in [1.807, 2.05) is 31.2 Å². The molecule has 0 aliphatic heterocycles. The third-order valence-corrected chi connectivity index (χ3v) is 3.25. The molecule has 0 fully saturated rings. The lowest BCUT2D eigenvalue weighted by Gasteiger charge is -2.11. The van der Waals surface area contributed by atoms with E-state index in [-0.39, 0.29) is 0 Å². The zero-order chi connectivity index (χ0) is 14.8. The van der Waals surface area contributed by atoms with Crippen LogP contribution in [0.15, 0.2) is 28.7 Å². The number of aliphatic hydroxyl groups is 1. The number of esters is 1. The monoisotopic (exact) mass is 344 g/mol. The lowest BCUT2D eigenvalue weighted by Crippen LogP contribution is -2.24. The minimum atomic E-state index is -1.06. The topological polar surface area (TPSA) is 55.8 Å². The Bertz CT molecular complexity index is 391. The van der Waals surface area contributed by atoms with Crippen molar-refractivity contribution in [1.29, 1.82) is 0 Å². The zero-order valence-electron chi connectivity index (χ0n) is 11.7. The first-order valence-corrected chi connectivity index (χ1v) is 7.66. The van der Waals surface area contributed by atoms with Crippen LogP contribution in [0.2, 0.25) is 0 Å². The number of ether oxygens (including phenoxy) is 2. The van der Waals surface area contributed by atoms with Crippen LogP contribution in [-0.2, 0) is 9.53 Å². The van der Waals surface area contributed by atoms with E-state index in [2.05, 4.69) is 15.9 Å². The van der Waals surface area contributed by atoms with Crippen LogP contribution >= 0.6 is 15.9 Å². The van der Waals surface area contributed by atoms with Crippen LogP contribution in [0.3, 0.4) is 0 Å². The summed E-state index contributed by atoms with van der Waals surface area (Å²) in [6.45, 7) is 2.85. The molecule has 0 saturated heterocycles. The van der Waals surface area contributed by atoms with Crippen LogP contribution in [0.1, 0.15) is 32.6 Å². The molecule has 1 unspecified atom stereocenters. The van der Waals surface area contributed by atoms with Gasteiger partial charge < -0.3 is 14.6 Å². The summed E-state index contributed by atoms with van der Waals surface area (Å²) in [7, 11) is 0. The van der Waals surface area contributed by atoms with E-state index in [4.69, 9.17) is 9.47 Å². The fourth-order valence-electron chi connectivity index (χ4n) is 1.53. The largest absolute Gasteiger partial charge is 0.494 e. The molecular formula is C15H21BrO4. The molecule has 0 heterocycles. The van der Waals surface area contributed by atoms with E-state index in [0.717, 1.165) is 23.1 Å². The second-order valence-corrected chi connectivity index (χ2v) is 5.40. The predicted molar refractivity (Wildman–Crippen MR) is 80.7 cm³/mol. The van der Waals surface area contributed by atoms with Gasteiger partial charge in [0, 0.05) is 4.47 Å². The van der Waals surface area contributed by atoms with Crippen molar-refractivity contribution in [3.05, 3.63) is 28.7 Å². The van der Waals surface area contributed by atoms with Crippen molar-refractivity contribution in [2.45, 2.75) is 38.7 Å². The Morgan fingerprint density at radius 3 is 2.60 bits per heavy atom. The van der Waals surface area contributed by atoms with Gasteiger partial charge in [0.05, 0.1) is 13.2 Å². The number of aliphatic hydroxyl groups excluding tert-OH is 1. The van der Waals surface area contributed by atoms with Gasteiger partial charge in [-0.25, -0.2) is 4.79 Å². The van der Waals surface area contributed by atoms with Crippen LogP contribution in [0.4, 0.5) is 0 Å². The van der Waals surface area contributed by atoms with Gasteiger partial charge in [0.25, 0.3) is 0 Å². The molecule has 0 amide bonds. The summed E-state index contributed by atoms with van der Waals surface area (Å²) in [6.07, 6.45) is 1.68. The summed E-state index contributed by atoms with van der Waals surface area (Å²) < 4.78 is 11.4. The molecule has 0 aromatic heterocycles. The second kappa shape index (κ2) is 9.77. The summed E-state index contributed by atoms with van der Waals surface area (Å²) >= 11 is 3.35. The number of carbonyl (C=O) groups is 1. The Balaban J connectivity index is 2.13. The number of carbonyl (C=O) groups excluding carboxylic acids is 1. The Kier molecular flexibility index (Phi) is 8.30. The highest BCUT2D eigenvalue weighted by Gasteiger charge is 2.15. The van der Waals surface area contributed by atoms with Crippen molar-refractivity contribution in [3.8, 4) is 5.75 Å². The molecule has 0 aliphatic rings. The third-order valence-electron chi connectivity index (χ3n) is 2.72. The van der Waals surface area contributed by atoms with Crippen LogP contribution in [0.5, 0.6) is 5.75 Å². The van der Waals surface area contributed by atoms with Gasteiger partial charge in [-0.2, -0.15) is 0 Å². The highest BCUT2D eigenvalue weighted by Crippen LogP contribution is 2.16. The molecule has 112 valence electrons. The van der Waals surface area contributed by atoms with E-state index < -0.39 is 12.1 Å². The van der Waals surface area contributed by atoms with Gasteiger partial charge in [-0.05, 0) is 43.5 Å². The number of rotatable bonds is 9. The fourth-order valence-corrected chi connectivity index (χ4v) is 1.79. The lowest BCUT2D eigenvalue weighted by atomic mass is 10.2. The van der Waals surface area contributed by atoms with Gasteiger partial charge in [-0.3, -0.25) is 0 Å². The summed E-state index contributed by atoms with van der Waals surface area (Å²) in [4.78, 5) is 11.4. The Labute approximate surface area is 128 Å². The highest BCUT2D eigenvalue weighted by molar-refractivity contribution is 9.10. The highest BCUT2D eigenvalue weighted by atomic mass is 79.9. The molecule has 1 N–H and O–H groups in total. The molecule has 20 heavy (non-hydrogen) atoms. The Morgan fingerprint density at radius 2 is 1.95 bits per heavy atom. The first kappa shape index (κ1) is 17.0. The van der Waals surface area contributed by atoms with Gasteiger partial charge in [0.1, 0.15) is 5.75 Å². The Hall–Kier alpha value is -1.07. The molecule has 1 atom stereocenters. The molecule has 4 nitrogen and oxygen atoms in total. The third kappa shape index (κ3) is 6.91. The Morgan fingerprint density at radius 1 is 1.25 bits per heavy atom.